The number of ether oxygens (including phenoxy) is 1. The molecule has 174 valence electrons. The van der Waals surface area contributed by atoms with Crippen molar-refractivity contribution in [3.63, 3.8) is 0 Å². The quantitative estimate of drug-likeness (QED) is 0.492. The van der Waals surface area contributed by atoms with Gasteiger partial charge in [0, 0.05) is 17.6 Å². The smallest absolute Gasteiger partial charge is 0.433 e. The van der Waals surface area contributed by atoms with Crippen molar-refractivity contribution in [1.82, 2.24) is 14.8 Å². The molecule has 0 saturated heterocycles. The van der Waals surface area contributed by atoms with Crippen molar-refractivity contribution in [2.24, 2.45) is 5.92 Å². The minimum absolute atomic E-state index is 0.309. The summed E-state index contributed by atoms with van der Waals surface area (Å²) < 4.78 is 47.0. The zero-order valence-electron chi connectivity index (χ0n) is 18.1. The number of carbonyl (C=O) groups excluding carboxylic acids is 1. The molecule has 2 saturated carbocycles. The summed E-state index contributed by atoms with van der Waals surface area (Å²) in [4.78, 5) is 16.3. The first-order valence-electron chi connectivity index (χ1n) is 11.4. The summed E-state index contributed by atoms with van der Waals surface area (Å²) in [6, 6.07) is 7.20. The summed E-state index contributed by atoms with van der Waals surface area (Å²) in [7, 11) is 0. The van der Waals surface area contributed by atoms with Crippen molar-refractivity contribution in [2.75, 3.05) is 11.9 Å². The maximum Gasteiger partial charge on any atom is 0.433 e. The van der Waals surface area contributed by atoms with Gasteiger partial charge in [-0.25, -0.2) is 4.98 Å². The summed E-state index contributed by atoms with van der Waals surface area (Å²) in [6.45, 7) is 0.527. The number of hydrogen-bond acceptors (Lipinski definition) is 4. The first kappa shape index (κ1) is 21.7. The molecule has 0 radical (unpaired) electrons. The van der Waals surface area contributed by atoms with Gasteiger partial charge in [-0.15, -0.1) is 0 Å². The molecule has 33 heavy (non-hydrogen) atoms. The molecular formula is C24H25F3N4O2. The van der Waals surface area contributed by atoms with E-state index < -0.39 is 17.8 Å². The van der Waals surface area contributed by atoms with Gasteiger partial charge in [-0.3, -0.25) is 9.48 Å². The highest BCUT2D eigenvalue weighted by Crippen LogP contribution is 2.36. The summed E-state index contributed by atoms with van der Waals surface area (Å²) in [6.07, 6.45) is 5.34. The third kappa shape index (κ3) is 4.96. The van der Waals surface area contributed by atoms with Gasteiger partial charge in [-0.2, -0.15) is 18.3 Å². The number of nitrogens with one attached hydrogen (secondary N) is 1. The normalized spacial score (nSPS) is 17.3. The van der Waals surface area contributed by atoms with E-state index in [1.165, 1.54) is 31.4 Å². The molecule has 2 fully saturated rings. The summed E-state index contributed by atoms with van der Waals surface area (Å²) in [5.74, 6) is 0.231. The van der Waals surface area contributed by atoms with E-state index in [0.29, 0.717) is 30.0 Å². The molecule has 0 spiro atoms. The molecule has 1 aromatic carbocycles. The Hall–Kier alpha value is -3.10. The lowest BCUT2D eigenvalue weighted by Gasteiger charge is -2.21. The van der Waals surface area contributed by atoms with Crippen LogP contribution in [-0.2, 0) is 6.18 Å². The number of nitrogens with zero attached hydrogens (tertiary/aromatic N) is 3. The highest BCUT2D eigenvalue weighted by atomic mass is 19.4. The Kier molecular flexibility index (Phi) is 5.72. The maximum absolute atomic E-state index is 13.0. The summed E-state index contributed by atoms with van der Waals surface area (Å²) in [5.41, 5.74) is -0.252. The molecule has 0 bridgehead atoms. The topological polar surface area (TPSA) is 69.0 Å². The van der Waals surface area contributed by atoms with Crippen LogP contribution in [0, 0.1) is 5.92 Å². The Labute approximate surface area is 189 Å². The van der Waals surface area contributed by atoms with Crippen molar-refractivity contribution in [3.8, 4) is 5.75 Å². The Morgan fingerprint density at radius 3 is 2.64 bits per heavy atom. The molecule has 2 aliphatic rings. The molecule has 2 heterocycles. The minimum Gasteiger partial charge on any atom is -0.491 e. The second-order valence-corrected chi connectivity index (χ2v) is 8.92. The SMILES string of the molecule is O=C(Nc1cc2cn(C3CCCCC3)nc2cc1OCC1CC1)c1cccc(C(F)(F)F)n1. The molecule has 9 heteroatoms. The first-order valence-corrected chi connectivity index (χ1v) is 11.4. The Bertz CT molecular complexity index is 1160. The van der Waals surface area contributed by atoms with Gasteiger partial charge in [-0.1, -0.05) is 25.3 Å². The number of aromatic nitrogens is 3. The highest BCUT2D eigenvalue weighted by molar-refractivity contribution is 6.05. The molecule has 1 N–H and O–H groups in total. The molecule has 1 amide bonds. The first-order chi connectivity index (χ1) is 15.9. The fraction of sp³-hybridized carbons (Fsp3) is 0.458. The molecule has 2 aliphatic carbocycles. The predicted octanol–water partition coefficient (Wildman–Crippen LogP) is 6.00. The van der Waals surface area contributed by atoms with Crippen LogP contribution in [0.25, 0.3) is 10.9 Å². The van der Waals surface area contributed by atoms with Gasteiger partial charge in [-0.05, 0) is 49.8 Å². The lowest BCUT2D eigenvalue weighted by molar-refractivity contribution is -0.141. The van der Waals surface area contributed by atoms with Crippen molar-refractivity contribution >= 4 is 22.5 Å². The third-order valence-electron chi connectivity index (χ3n) is 6.26. The van der Waals surface area contributed by atoms with Crippen LogP contribution in [0.1, 0.15) is 67.2 Å². The molecule has 6 nitrogen and oxygen atoms in total. The Morgan fingerprint density at radius 2 is 1.91 bits per heavy atom. The van der Waals surface area contributed by atoms with Gasteiger partial charge in [0.2, 0.25) is 0 Å². The van der Waals surface area contributed by atoms with Crippen LogP contribution in [0.4, 0.5) is 18.9 Å². The zero-order valence-corrected chi connectivity index (χ0v) is 18.1. The lowest BCUT2D eigenvalue weighted by Crippen LogP contribution is -2.17. The minimum atomic E-state index is -4.62. The monoisotopic (exact) mass is 458 g/mol. The van der Waals surface area contributed by atoms with E-state index in [2.05, 4.69) is 10.3 Å². The van der Waals surface area contributed by atoms with Gasteiger partial charge >= 0.3 is 6.18 Å². The van der Waals surface area contributed by atoms with Gasteiger partial charge in [0.25, 0.3) is 5.91 Å². The third-order valence-corrected chi connectivity index (χ3v) is 6.26. The van der Waals surface area contributed by atoms with E-state index in [9.17, 15) is 18.0 Å². The van der Waals surface area contributed by atoms with Crippen LogP contribution in [-0.4, -0.2) is 27.3 Å². The largest absolute Gasteiger partial charge is 0.491 e. The molecule has 3 aromatic rings. The van der Waals surface area contributed by atoms with Crippen LogP contribution in [0.3, 0.4) is 0 Å². The molecule has 0 atom stereocenters. The van der Waals surface area contributed by atoms with Crippen LogP contribution in [0.15, 0.2) is 36.5 Å². The number of amides is 1. The van der Waals surface area contributed by atoms with Crippen molar-refractivity contribution in [3.05, 3.63) is 47.9 Å². The van der Waals surface area contributed by atoms with Gasteiger partial charge in [0.05, 0.1) is 23.9 Å². The number of benzene rings is 1. The van der Waals surface area contributed by atoms with Crippen LogP contribution in [0.5, 0.6) is 5.75 Å². The van der Waals surface area contributed by atoms with Crippen molar-refractivity contribution in [2.45, 2.75) is 57.2 Å². The Morgan fingerprint density at radius 1 is 1.12 bits per heavy atom. The van der Waals surface area contributed by atoms with Crippen molar-refractivity contribution in [1.29, 1.82) is 0 Å². The van der Waals surface area contributed by atoms with E-state index in [0.717, 1.165) is 42.7 Å². The fourth-order valence-corrected chi connectivity index (χ4v) is 4.22. The zero-order chi connectivity index (χ0) is 23.0. The second kappa shape index (κ2) is 8.68. The highest BCUT2D eigenvalue weighted by Gasteiger charge is 2.33. The van der Waals surface area contributed by atoms with Gasteiger partial charge in [0.15, 0.2) is 0 Å². The number of pyridine rings is 1. The van der Waals surface area contributed by atoms with Crippen LogP contribution in [0.2, 0.25) is 0 Å². The van der Waals surface area contributed by atoms with Gasteiger partial charge < -0.3 is 10.1 Å². The molecule has 5 rings (SSSR count). The molecule has 2 aromatic heterocycles. The number of alkyl halides is 3. The number of rotatable bonds is 6. The lowest BCUT2D eigenvalue weighted by atomic mass is 9.96. The number of halogens is 3. The van der Waals surface area contributed by atoms with E-state index in [1.54, 1.807) is 12.1 Å². The van der Waals surface area contributed by atoms with Gasteiger partial charge in [0.1, 0.15) is 17.1 Å². The summed E-state index contributed by atoms with van der Waals surface area (Å²) in [5, 5.41) is 8.28. The van der Waals surface area contributed by atoms with Crippen LogP contribution < -0.4 is 10.1 Å². The average Bonchev–Trinajstić information content (AvgIpc) is 3.55. The number of anilines is 1. The van der Waals surface area contributed by atoms with E-state index in [1.807, 2.05) is 10.9 Å². The van der Waals surface area contributed by atoms with Crippen molar-refractivity contribution < 1.29 is 22.7 Å². The van der Waals surface area contributed by atoms with E-state index in [4.69, 9.17) is 9.84 Å². The van der Waals surface area contributed by atoms with E-state index >= 15 is 0 Å². The number of hydrogen-bond donors (Lipinski definition) is 1. The molecule has 0 unspecified atom stereocenters. The second-order valence-electron chi connectivity index (χ2n) is 8.92. The van der Waals surface area contributed by atoms with Crippen LogP contribution >= 0.6 is 0 Å². The number of fused-ring (bicyclic) bond motifs is 1. The fourth-order valence-electron chi connectivity index (χ4n) is 4.22. The van der Waals surface area contributed by atoms with E-state index in [-0.39, 0.29) is 5.69 Å². The Balaban J connectivity index is 1.44. The predicted molar refractivity (Wildman–Crippen MR) is 117 cm³/mol. The molecular weight excluding hydrogens is 433 g/mol. The standard InChI is InChI=1S/C24H25F3N4O2/c25-24(26,27)22-8-4-7-18(28-22)23(32)29-20-11-16-13-31(17-5-2-1-3-6-17)30-19(16)12-21(20)33-14-15-9-10-15/h4,7-8,11-13,15,17H,1-3,5-6,9-10,14H2,(H,29,32). The number of carbonyl (C=O) groups is 1. The average molecular weight is 458 g/mol. The maximum atomic E-state index is 13.0. The summed E-state index contributed by atoms with van der Waals surface area (Å²) >= 11 is 0. The molecule has 0 aliphatic heterocycles.